The molecule has 1 fully saturated rings. The standard InChI is InChI=1S/C14H21NO2S/c1-11-5-7-12(8-6-11)10-13(15)14-4-2-3-9-18(14,16)17/h5-8,13-14H,2-4,9-10,15H2,1H3. The number of sulfone groups is 1. The van der Waals surface area contributed by atoms with Crippen molar-refractivity contribution < 1.29 is 8.42 Å². The summed E-state index contributed by atoms with van der Waals surface area (Å²) in [6.45, 7) is 2.04. The maximum Gasteiger partial charge on any atom is 0.154 e. The first-order chi connectivity index (χ1) is 8.49. The Kier molecular flexibility index (Phi) is 4.07. The summed E-state index contributed by atoms with van der Waals surface area (Å²) in [5.74, 6) is 0.305. The second-order valence-corrected chi connectivity index (χ2v) is 7.59. The summed E-state index contributed by atoms with van der Waals surface area (Å²) in [7, 11) is -2.98. The van der Waals surface area contributed by atoms with E-state index in [-0.39, 0.29) is 11.3 Å². The third kappa shape index (κ3) is 3.12. The van der Waals surface area contributed by atoms with Gasteiger partial charge in [-0.05, 0) is 31.7 Å². The molecule has 18 heavy (non-hydrogen) atoms. The molecule has 2 unspecified atom stereocenters. The molecule has 0 amide bonds. The quantitative estimate of drug-likeness (QED) is 0.909. The van der Waals surface area contributed by atoms with Gasteiger partial charge in [0.1, 0.15) is 0 Å². The van der Waals surface area contributed by atoms with Crippen molar-refractivity contribution in [3.63, 3.8) is 0 Å². The van der Waals surface area contributed by atoms with Crippen LogP contribution >= 0.6 is 0 Å². The first-order valence-electron chi connectivity index (χ1n) is 6.52. The van der Waals surface area contributed by atoms with E-state index >= 15 is 0 Å². The maximum absolute atomic E-state index is 12.0. The number of hydrogen-bond acceptors (Lipinski definition) is 3. The van der Waals surface area contributed by atoms with E-state index in [9.17, 15) is 8.42 Å². The summed E-state index contributed by atoms with van der Waals surface area (Å²) in [5, 5.41) is -0.354. The zero-order valence-corrected chi connectivity index (χ0v) is 11.6. The monoisotopic (exact) mass is 267 g/mol. The number of hydrogen-bond donors (Lipinski definition) is 1. The Balaban J connectivity index is 2.07. The third-order valence-corrected chi connectivity index (χ3v) is 6.06. The average Bonchev–Trinajstić information content (AvgIpc) is 2.31. The topological polar surface area (TPSA) is 60.2 Å². The van der Waals surface area contributed by atoms with Gasteiger partial charge in [0.15, 0.2) is 9.84 Å². The van der Waals surface area contributed by atoms with Crippen LogP contribution in [0.3, 0.4) is 0 Å². The normalized spacial score (nSPS) is 24.7. The molecule has 0 spiro atoms. The molecule has 0 aliphatic carbocycles. The van der Waals surface area contributed by atoms with Crippen LogP contribution < -0.4 is 5.73 Å². The minimum atomic E-state index is -2.98. The van der Waals surface area contributed by atoms with Crippen molar-refractivity contribution in [1.82, 2.24) is 0 Å². The fourth-order valence-electron chi connectivity index (χ4n) is 2.59. The number of nitrogens with two attached hydrogens (primary N) is 1. The molecular formula is C14H21NO2S. The van der Waals surface area contributed by atoms with Crippen LogP contribution in [-0.4, -0.2) is 25.5 Å². The first-order valence-corrected chi connectivity index (χ1v) is 8.23. The Morgan fingerprint density at radius 3 is 2.56 bits per heavy atom. The molecule has 1 saturated heterocycles. The van der Waals surface area contributed by atoms with E-state index in [2.05, 4.69) is 0 Å². The molecule has 0 saturated carbocycles. The van der Waals surface area contributed by atoms with Crippen molar-refractivity contribution in [3.05, 3.63) is 35.4 Å². The smallest absolute Gasteiger partial charge is 0.154 e. The van der Waals surface area contributed by atoms with Gasteiger partial charge in [-0.3, -0.25) is 0 Å². The van der Waals surface area contributed by atoms with Crippen molar-refractivity contribution in [2.24, 2.45) is 5.73 Å². The van der Waals surface area contributed by atoms with Crippen LogP contribution in [0.4, 0.5) is 0 Å². The van der Waals surface area contributed by atoms with E-state index in [1.807, 2.05) is 31.2 Å². The van der Waals surface area contributed by atoms with Gasteiger partial charge in [-0.2, -0.15) is 0 Å². The fraction of sp³-hybridized carbons (Fsp3) is 0.571. The molecule has 2 atom stereocenters. The molecule has 1 aromatic carbocycles. The highest BCUT2D eigenvalue weighted by Gasteiger charge is 2.33. The predicted molar refractivity (Wildman–Crippen MR) is 74.3 cm³/mol. The van der Waals surface area contributed by atoms with Crippen molar-refractivity contribution in [1.29, 1.82) is 0 Å². The molecule has 1 aromatic rings. The lowest BCUT2D eigenvalue weighted by molar-refractivity contribution is 0.495. The van der Waals surface area contributed by atoms with E-state index in [1.54, 1.807) is 0 Å². The van der Waals surface area contributed by atoms with E-state index in [0.29, 0.717) is 12.2 Å². The Bertz CT molecular complexity index is 493. The minimum Gasteiger partial charge on any atom is -0.326 e. The fourth-order valence-corrected chi connectivity index (χ4v) is 4.65. The average molecular weight is 267 g/mol. The van der Waals surface area contributed by atoms with Crippen molar-refractivity contribution in [2.45, 2.75) is 43.9 Å². The Morgan fingerprint density at radius 2 is 1.94 bits per heavy atom. The maximum atomic E-state index is 12.0. The van der Waals surface area contributed by atoms with Crippen molar-refractivity contribution >= 4 is 9.84 Å². The SMILES string of the molecule is Cc1ccc(CC(N)C2CCCCS2(=O)=O)cc1. The molecule has 2 N–H and O–H groups in total. The Labute approximate surface area is 109 Å². The summed E-state index contributed by atoms with van der Waals surface area (Å²) < 4.78 is 24.0. The van der Waals surface area contributed by atoms with E-state index in [0.717, 1.165) is 24.8 Å². The highest BCUT2D eigenvalue weighted by molar-refractivity contribution is 7.92. The van der Waals surface area contributed by atoms with Gasteiger partial charge >= 0.3 is 0 Å². The van der Waals surface area contributed by atoms with Crippen LogP contribution in [0.25, 0.3) is 0 Å². The third-order valence-electron chi connectivity index (χ3n) is 3.70. The van der Waals surface area contributed by atoms with E-state index in [1.165, 1.54) is 5.56 Å². The van der Waals surface area contributed by atoms with Gasteiger partial charge in [0, 0.05) is 6.04 Å². The molecule has 0 radical (unpaired) electrons. The minimum absolute atomic E-state index is 0.280. The van der Waals surface area contributed by atoms with Crippen LogP contribution in [-0.2, 0) is 16.3 Å². The largest absolute Gasteiger partial charge is 0.326 e. The summed E-state index contributed by atoms with van der Waals surface area (Å²) >= 11 is 0. The molecule has 1 aliphatic heterocycles. The summed E-state index contributed by atoms with van der Waals surface area (Å²) in [5.41, 5.74) is 8.44. The lowest BCUT2D eigenvalue weighted by Gasteiger charge is -2.27. The van der Waals surface area contributed by atoms with Crippen LogP contribution in [0.15, 0.2) is 24.3 Å². The predicted octanol–water partition coefficient (Wildman–Crippen LogP) is 1.83. The van der Waals surface area contributed by atoms with Crippen LogP contribution in [0.5, 0.6) is 0 Å². The first kappa shape index (κ1) is 13.6. The molecule has 4 heteroatoms. The molecular weight excluding hydrogens is 246 g/mol. The van der Waals surface area contributed by atoms with Gasteiger partial charge < -0.3 is 5.73 Å². The van der Waals surface area contributed by atoms with Crippen LogP contribution in [0.1, 0.15) is 30.4 Å². The molecule has 100 valence electrons. The molecule has 3 nitrogen and oxygen atoms in total. The second kappa shape index (κ2) is 5.41. The van der Waals surface area contributed by atoms with Gasteiger partial charge in [-0.15, -0.1) is 0 Å². The zero-order valence-electron chi connectivity index (χ0n) is 10.8. The lowest BCUT2D eigenvalue weighted by Crippen LogP contribution is -2.44. The molecule has 1 heterocycles. The van der Waals surface area contributed by atoms with Crippen LogP contribution in [0, 0.1) is 6.92 Å². The van der Waals surface area contributed by atoms with Gasteiger partial charge in [0.2, 0.25) is 0 Å². The molecule has 0 bridgehead atoms. The van der Waals surface area contributed by atoms with E-state index in [4.69, 9.17) is 5.73 Å². The number of benzene rings is 1. The number of rotatable bonds is 3. The highest BCUT2D eigenvalue weighted by atomic mass is 32.2. The molecule has 0 aromatic heterocycles. The van der Waals surface area contributed by atoms with Gasteiger partial charge in [0.25, 0.3) is 0 Å². The van der Waals surface area contributed by atoms with Crippen LogP contribution in [0.2, 0.25) is 0 Å². The van der Waals surface area contributed by atoms with Crippen molar-refractivity contribution in [2.75, 3.05) is 5.75 Å². The summed E-state index contributed by atoms with van der Waals surface area (Å²) in [6.07, 6.45) is 3.13. The highest BCUT2D eigenvalue weighted by Crippen LogP contribution is 2.23. The second-order valence-electron chi connectivity index (χ2n) is 5.25. The summed E-state index contributed by atoms with van der Waals surface area (Å²) in [4.78, 5) is 0. The van der Waals surface area contributed by atoms with E-state index < -0.39 is 9.84 Å². The van der Waals surface area contributed by atoms with Gasteiger partial charge in [-0.1, -0.05) is 36.2 Å². The lowest BCUT2D eigenvalue weighted by atomic mass is 10.00. The van der Waals surface area contributed by atoms with Gasteiger partial charge in [0.05, 0.1) is 11.0 Å². The Hall–Kier alpha value is -0.870. The molecule has 2 rings (SSSR count). The Morgan fingerprint density at radius 1 is 1.28 bits per heavy atom. The van der Waals surface area contributed by atoms with Gasteiger partial charge in [-0.25, -0.2) is 8.42 Å². The van der Waals surface area contributed by atoms with Crippen molar-refractivity contribution in [3.8, 4) is 0 Å². The summed E-state index contributed by atoms with van der Waals surface area (Å²) in [6, 6.07) is 7.86. The zero-order chi connectivity index (χ0) is 13.2. The molecule has 1 aliphatic rings. The number of aryl methyl sites for hydroxylation is 1.